The molecular formula is C15H22N2O3. The van der Waals surface area contributed by atoms with Crippen molar-refractivity contribution in [1.82, 2.24) is 4.90 Å². The van der Waals surface area contributed by atoms with Crippen LogP contribution >= 0.6 is 0 Å². The van der Waals surface area contributed by atoms with Gasteiger partial charge in [-0.3, -0.25) is 9.59 Å². The Kier molecular flexibility index (Phi) is 6.03. The number of hydrogen-bond donors (Lipinski definition) is 1. The van der Waals surface area contributed by atoms with Crippen molar-refractivity contribution in [3.8, 4) is 5.75 Å². The Hall–Kier alpha value is -2.04. The number of rotatable bonds is 5. The summed E-state index contributed by atoms with van der Waals surface area (Å²) in [5, 5.41) is 2.59. The highest BCUT2D eigenvalue weighted by Gasteiger charge is 2.19. The molecule has 0 fully saturated rings. The lowest BCUT2D eigenvalue weighted by Gasteiger charge is -2.17. The second-order valence-corrected chi connectivity index (χ2v) is 4.62. The van der Waals surface area contributed by atoms with Gasteiger partial charge in [0.1, 0.15) is 5.75 Å². The van der Waals surface area contributed by atoms with Crippen LogP contribution in [0.1, 0.15) is 27.7 Å². The summed E-state index contributed by atoms with van der Waals surface area (Å²) in [5.74, 6) is -0.406. The lowest BCUT2D eigenvalue weighted by atomic mass is 10.3. The normalized spacial score (nSPS) is 10.2. The first-order valence-electron chi connectivity index (χ1n) is 6.84. The zero-order valence-electron chi connectivity index (χ0n) is 12.5. The van der Waals surface area contributed by atoms with E-state index in [0.29, 0.717) is 18.8 Å². The SMILES string of the molecule is CCN(CC)C(=O)C(=O)Nc1ccc(OC(C)C)cc1. The third-order valence-electron chi connectivity index (χ3n) is 2.73. The maximum atomic E-state index is 11.8. The van der Waals surface area contributed by atoms with Gasteiger partial charge in [0, 0.05) is 18.8 Å². The number of benzene rings is 1. The molecule has 5 heteroatoms. The molecule has 0 atom stereocenters. The summed E-state index contributed by atoms with van der Waals surface area (Å²) in [6.07, 6.45) is 0.0969. The van der Waals surface area contributed by atoms with Gasteiger partial charge in [0.25, 0.3) is 0 Å². The Morgan fingerprint density at radius 1 is 1.15 bits per heavy atom. The molecule has 0 aliphatic heterocycles. The quantitative estimate of drug-likeness (QED) is 0.841. The largest absolute Gasteiger partial charge is 0.491 e. The van der Waals surface area contributed by atoms with Crippen LogP contribution in [-0.2, 0) is 9.59 Å². The molecule has 0 aliphatic rings. The Balaban J connectivity index is 2.64. The van der Waals surface area contributed by atoms with Gasteiger partial charge in [0.2, 0.25) is 0 Å². The first-order valence-corrected chi connectivity index (χ1v) is 6.84. The fraction of sp³-hybridized carbons (Fsp3) is 0.467. The van der Waals surface area contributed by atoms with Gasteiger partial charge in [0.15, 0.2) is 0 Å². The molecule has 1 aromatic carbocycles. The van der Waals surface area contributed by atoms with Crippen LogP contribution in [0.2, 0.25) is 0 Å². The molecule has 0 aliphatic carbocycles. The van der Waals surface area contributed by atoms with E-state index < -0.39 is 11.8 Å². The number of nitrogens with zero attached hydrogens (tertiary/aromatic N) is 1. The monoisotopic (exact) mass is 278 g/mol. The first-order chi connectivity index (χ1) is 9.47. The molecule has 0 heterocycles. The minimum Gasteiger partial charge on any atom is -0.491 e. The first kappa shape index (κ1) is 16.0. The lowest BCUT2D eigenvalue weighted by molar-refractivity contribution is -0.142. The molecule has 0 saturated carbocycles. The summed E-state index contributed by atoms with van der Waals surface area (Å²) >= 11 is 0. The van der Waals surface area contributed by atoms with Crippen molar-refractivity contribution in [2.75, 3.05) is 18.4 Å². The van der Waals surface area contributed by atoms with Crippen LogP contribution in [0.15, 0.2) is 24.3 Å². The number of likely N-dealkylation sites (N-methyl/N-ethyl adjacent to an activating group) is 1. The van der Waals surface area contributed by atoms with E-state index >= 15 is 0 Å². The molecule has 5 nitrogen and oxygen atoms in total. The summed E-state index contributed by atoms with van der Waals surface area (Å²) in [4.78, 5) is 25.1. The van der Waals surface area contributed by atoms with Crippen LogP contribution in [-0.4, -0.2) is 35.9 Å². The van der Waals surface area contributed by atoms with E-state index in [4.69, 9.17) is 4.74 Å². The standard InChI is InChI=1S/C15H22N2O3/c1-5-17(6-2)15(19)14(18)16-12-7-9-13(10-8-12)20-11(3)4/h7-11H,5-6H2,1-4H3,(H,16,18). The van der Waals surface area contributed by atoms with Gasteiger partial charge in [0.05, 0.1) is 6.10 Å². The highest BCUT2D eigenvalue weighted by atomic mass is 16.5. The Morgan fingerprint density at radius 2 is 1.70 bits per heavy atom. The Bertz CT molecular complexity index is 451. The van der Waals surface area contributed by atoms with Crippen LogP contribution in [0.5, 0.6) is 5.75 Å². The minimum atomic E-state index is -0.619. The molecule has 0 saturated heterocycles. The van der Waals surface area contributed by atoms with Gasteiger partial charge in [-0.1, -0.05) is 0 Å². The van der Waals surface area contributed by atoms with Crippen LogP contribution < -0.4 is 10.1 Å². The van der Waals surface area contributed by atoms with E-state index in [1.165, 1.54) is 4.90 Å². The van der Waals surface area contributed by atoms with Gasteiger partial charge in [-0.25, -0.2) is 0 Å². The smallest absolute Gasteiger partial charge is 0.313 e. The third kappa shape index (κ3) is 4.57. The molecular weight excluding hydrogens is 256 g/mol. The van der Waals surface area contributed by atoms with Crippen molar-refractivity contribution >= 4 is 17.5 Å². The Morgan fingerprint density at radius 3 is 2.15 bits per heavy atom. The molecule has 1 rings (SSSR count). The second-order valence-electron chi connectivity index (χ2n) is 4.62. The lowest BCUT2D eigenvalue weighted by Crippen LogP contribution is -2.39. The number of anilines is 1. The molecule has 0 unspecified atom stereocenters. The Labute approximate surface area is 119 Å². The van der Waals surface area contributed by atoms with Gasteiger partial charge in [-0.15, -0.1) is 0 Å². The maximum Gasteiger partial charge on any atom is 0.313 e. The molecule has 1 N–H and O–H groups in total. The maximum absolute atomic E-state index is 11.8. The minimum absolute atomic E-state index is 0.0969. The van der Waals surface area contributed by atoms with Crippen LogP contribution in [0.3, 0.4) is 0 Å². The van der Waals surface area contributed by atoms with E-state index in [9.17, 15) is 9.59 Å². The number of hydrogen-bond acceptors (Lipinski definition) is 3. The number of nitrogens with one attached hydrogen (secondary N) is 1. The molecule has 0 radical (unpaired) electrons. The van der Waals surface area contributed by atoms with E-state index in [2.05, 4.69) is 5.32 Å². The highest BCUT2D eigenvalue weighted by molar-refractivity contribution is 6.39. The molecule has 0 aromatic heterocycles. The van der Waals surface area contributed by atoms with Crippen molar-refractivity contribution in [3.63, 3.8) is 0 Å². The number of amides is 2. The molecule has 2 amide bonds. The van der Waals surface area contributed by atoms with Gasteiger partial charge < -0.3 is 15.0 Å². The number of carbonyl (C=O) groups is 2. The number of ether oxygens (including phenoxy) is 1. The fourth-order valence-electron chi connectivity index (χ4n) is 1.73. The number of carbonyl (C=O) groups excluding carboxylic acids is 2. The van der Waals surface area contributed by atoms with E-state index in [0.717, 1.165) is 5.75 Å². The highest BCUT2D eigenvalue weighted by Crippen LogP contribution is 2.16. The van der Waals surface area contributed by atoms with E-state index in [-0.39, 0.29) is 6.10 Å². The zero-order chi connectivity index (χ0) is 15.1. The molecule has 1 aromatic rings. The summed E-state index contributed by atoms with van der Waals surface area (Å²) in [6, 6.07) is 6.95. The summed E-state index contributed by atoms with van der Waals surface area (Å²) in [6.45, 7) is 8.60. The van der Waals surface area contributed by atoms with Gasteiger partial charge >= 0.3 is 11.8 Å². The van der Waals surface area contributed by atoms with Crippen molar-refractivity contribution in [1.29, 1.82) is 0 Å². The fourth-order valence-corrected chi connectivity index (χ4v) is 1.73. The molecule has 0 spiro atoms. The van der Waals surface area contributed by atoms with Gasteiger partial charge in [-0.05, 0) is 52.0 Å². The van der Waals surface area contributed by atoms with Crippen molar-refractivity contribution < 1.29 is 14.3 Å². The van der Waals surface area contributed by atoms with Gasteiger partial charge in [-0.2, -0.15) is 0 Å². The van der Waals surface area contributed by atoms with Crippen LogP contribution in [0.25, 0.3) is 0 Å². The summed E-state index contributed by atoms with van der Waals surface area (Å²) < 4.78 is 5.51. The van der Waals surface area contributed by atoms with Crippen molar-refractivity contribution in [2.45, 2.75) is 33.8 Å². The second kappa shape index (κ2) is 7.53. The average molecular weight is 278 g/mol. The third-order valence-corrected chi connectivity index (χ3v) is 2.73. The average Bonchev–Trinajstić information content (AvgIpc) is 2.41. The summed E-state index contributed by atoms with van der Waals surface area (Å²) in [7, 11) is 0. The molecule has 20 heavy (non-hydrogen) atoms. The zero-order valence-corrected chi connectivity index (χ0v) is 12.5. The molecule has 0 bridgehead atoms. The van der Waals surface area contributed by atoms with Crippen molar-refractivity contribution in [2.24, 2.45) is 0 Å². The predicted octanol–water partition coefficient (Wildman–Crippen LogP) is 2.28. The van der Waals surface area contributed by atoms with E-state index in [1.54, 1.807) is 24.3 Å². The van der Waals surface area contributed by atoms with Crippen LogP contribution in [0.4, 0.5) is 5.69 Å². The predicted molar refractivity (Wildman–Crippen MR) is 78.8 cm³/mol. The van der Waals surface area contributed by atoms with Crippen LogP contribution in [0, 0.1) is 0 Å². The summed E-state index contributed by atoms with van der Waals surface area (Å²) in [5.41, 5.74) is 0.576. The molecule has 110 valence electrons. The van der Waals surface area contributed by atoms with E-state index in [1.807, 2.05) is 27.7 Å². The van der Waals surface area contributed by atoms with Crippen molar-refractivity contribution in [3.05, 3.63) is 24.3 Å². The topological polar surface area (TPSA) is 58.6 Å².